The zero-order valence-corrected chi connectivity index (χ0v) is 31.0. The van der Waals surface area contributed by atoms with Crippen LogP contribution in [-0.4, -0.2) is 4.57 Å². The van der Waals surface area contributed by atoms with Gasteiger partial charge in [-0.2, -0.15) is 0 Å². The minimum absolute atomic E-state index is 0.101. The van der Waals surface area contributed by atoms with Crippen molar-refractivity contribution < 1.29 is 0 Å². The smallest absolute Gasteiger partial charge is 0.0534 e. The summed E-state index contributed by atoms with van der Waals surface area (Å²) in [7, 11) is 0. The van der Waals surface area contributed by atoms with Gasteiger partial charge in [0.25, 0.3) is 0 Å². The summed E-state index contributed by atoms with van der Waals surface area (Å²) in [5.41, 5.74) is 18.2. The molecule has 1 aliphatic rings. The molecule has 2 nitrogen and oxygen atoms in total. The highest BCUT2D eigenvalue weighted by molar-refractivity contribution is 5.97. The van der Waals surface area contributed by atoms with Crippen LogP contribution in [0.3, 0.4) is 0 Å². The van der Waals surface area contributed by atoms with E-state index in [2.05, 4.69) is 230 Å². The van der Waals surface area contributed by atoms with Crippen LogP contribution in [0.25, 0.3) is 61.1 Å². The molecule has 0 radical (unpaired) electrons. The van der Waals surface area contributed by atoms with E-state index in [1.165, 1.54) is 66.5 Å². The highest BCUT2D eigenvalue weighted by atomic mass is 15.1. The molecular formula is C53H40N2. The maximum absolute atomic E-state index is 2.41. The van der Waals surface area contributed by atoms with Crippen LogP contribution >= 0.6 is 0 Å². The average molecular weight is 705 g/mol. The second-order valence-corrected chi connectivity index (χ2v) is 15.0. The van der Waals surface area contributed by atoms with Crippen LogP contribution in [0.5, 0.6) is 0 Å². The van der Waals surface area contributed by atoms with Crippen molar-refractivity contribution in [3.8, 4) is 50.2 Å². The van der Waals surface area contributed by atoms with Crippen molar-refractivity contribution in [2.45, 2.75) is 19.3 Å². The molecule has 262 valence electrons. The monoisotopic (exact) mass is 704 g/mol. The molecule has 0 bridgehead atoms. The van der Waals surface area contributed by atoms with Crippen molar-refractivity contribution in [1.29, 1.82) is 0 Å². The fraction of sp³-hybridized carbons (Fsp3) is 0.0566. The number of hydrogen-bond acceptors (Lipinski definition) is 1. The molecule has 0 atom stereocenters. The van der Waals surface area contributed by atoms with E-state index < -0.39 is 0 Å². The van der Waals surface area contributed by atoms with Crippen molar-refractivity contribution in [2.24, 2.45) is 0 Å². The topological polar surface area (TPSA) is 8.17 Å². The Balaban J connectivity index is 1.08. The van der Waals surface area contributed by atoms with Gasteiger partial charge in [-0.15, -0.1) is 0 Å². The summed E-state index contributed by atoms with van der Waals surface area (Å²) in [6, 6.07) is 72.7. The molecule has 55 heavy (non-hydrogen) atoms. The molecule has 0 spiro atoms. The maximum atomic E-state index is 2.41. The van der Waals surface area contributed by atoms with E-state index in [-0.39, 0.29) is 5.41 Å². The molecule has 2 heteroatoms. The Hall–Kier alpha value is -6.90. The van der Waals surface area contributed by atoms with Crippen LogP contribution in [0, 0.1) is 0 Å². The van der Waals surface area contributed by atoms with Crippen molar-refractivity contribution in [1.82, 2.24) is 4.57 Å². The summed E-state index contributed by atoms with van der Waals surface area (Å²) in [5, 5.41) is 1.25. The summed E-state index contributed by atoms with van der Waals surface area (Å²) >= 11 is 0. The molecule has 9 aromatic rings. The highest BCUT2D eigenvalue weighted by Gasteiger charge is 2.35. The molecular weight excluding hydrogens is 665 g/mol. The summed E-state index contributed by atoms with van der Waals surface area (Å²) in [4.78, 5) is 2.41. The average Bonchev–Trinajstić information content (AvgIpc) is 3.75. The van der Waals surface area contributed by atoms with Gasteiger partial charge >= 0.3 is 0 Å². The molecule has 10 rings (SSSR count). The molecule has 0 saturated carbocycles. The van der Waals surface area contributed by atoms with Gasteiger partial charge in [-0.05, 0) is 105 Å². The molecule has 0 amide bonds. The first-order valence-corrected chi connectivity index (χ1v) is 19.1. The number of rotatable bonds is 7. The molecule has 0 fully saturated rings. The Morgan fingerprint density at radius 3 is 1.76 bits per heavy atom. The minimum Gasteiger partial charge on any atom is -0.316 e. The van der Waals surface area contributed by atoms with Crippen LogP contribution in [-0.2, 0) is 5.41 Å². The molecule has 1 heterocycles. The van der Waals surface area contributed by atoms with Gasteiger partial charge in [-0.1, -0.05) is 159 Å². The quantitative estimate of drug-likeness (QED) is 0.160. The van der Waals surface area contributed by atoms with Crippen LogP contribution in [0.1, 0.15) is 25.0 Å². The van der Waals surface area contributed by atoms with E-state index in [1.807, 2.05) is 0 Å². The largest absolute Gasteiger partial charge is 0.316 e. The van der Waals surface area contributed by atoms with Gasteiger partial charge in [0.05, 0.1) is 5.52 Å². The van der Waals surface area contributed by atoms with Gasteiger partial charge in [0.2, 0.25) is 0 Å². The standard InChI is InChI=1S/C53H40N2/c1-53(2)50-25-11-9-23-46(50)47-32-31-45(35-51(47)53)55(42-29-27-38(28-30-42)37-15-5-3-6-16-37)44-22-14-20-41(34-44)40-19-13-21-43(33-40)54-36-49(39-17-7-4-8-18-39)48-24-10-12-26-52(48)54/h3-36H,1-2H3. The molecule has 0 unspecified atom stereocenters. The second kappa shape index (κ2) is 13.2. The summed E-state index contributed by atoms with van der Waals surface area (Å²) in [6.45, 7) is 4.70. The van der Waals surface area contributed by atoms with E-state index >= 15 is 0 Å². The fourth-order valence-electron chi connectivity index (χ4n) is 8.61. The van der Waals surface area contributed by atoms with Gasteiger partial charge in [-0.25, -0.2) is 0 Å². The van der Waals surface area contributed by atoms with Crippen LogP contribution in [0.2, 0.25) is 0 Å². The van der Waals surface area contributed by atoms with Crippen molar-refractivity contribution >= 4 is 28.0 Å². The van der Waals surface area contributed by atoms with Crippen molar-refractivity contribution in [3.05, 3.63) is 218 Å². The van der Waals surface area contributed by atoms with Gasteiger partial charge in [0.1, 0.15) is 0 Å². The zero-order chi connectivity index (χ0) is 36.9. The summed E-state index contributed by atoms with van der Waals surface area (Å²) < 4.78 is 2.33. The van der Waals surface area contributed by atoms with Gasteiger partial charge in [-0.3, -0.25) is 0 Å². The molecule has 8 aromatic carbocycles. The highest BCUT2D eigenvalue weighted by Crippen LogP contribution is 2.50. The third-order valence-electron chi connectivity index (χ3n) is 11.4. The minimum atomic E-state index is -0.101. The van der Waals surface area contributed by atoms with Gasteiger partial charge in [0.15, 0.2) is 0 Å². The Morgan fingerprint density at radius 1 is 0.382 bits per heavy atom. The van der Waals surface area contributed by atoms with Gasteiger partial charge < -0.3 is 9.47 Å². The Morgan fingerprint density at radius 2 is 0.964 bits per heavy atom. The Kier molecular flexibility index (Phi) is 7.85. The molecule has 1 aromatic heterocycles. The van der Waals surface area contributed by atoms with E-state index in [9.17, 15) is 0 Å². The van der Waals surface area contributed by atoms with E-state index in [0.29, 0.717) is 0 Å². The third kappa shape index (κ3) is 5.66. The number of aromatic nitrogens is 1. The van der Waals surface area contributed by atoms with Crippen LogP contribution in [0.4, 0.5) is 17.1 Å². The Labute approximate surface area is 323 Å². The maximum Gasteiger partial charge on any atom is 0.0534 e. The van der Waals surface area contributed by atoms with Crippen molar-refractivity contribution in [3.63, 3.8) is 0 Å². The lowest BCUT2D eigenvalue weighted by molar-refractivity contribution is 0.660. The Bertz CT molecular complexity index is 2830. The van der Waals surface area contributed by atoms with Gasteiger partial charge in [0, 0.05) is 45.3 Å². The van der Waals surface area contributed by atoms with E-state index in [1.54, 1.807) is 0 Å². The zero-order valence-electron chi connectivity index (χ0n) is 31.0. The number of anilines is 3. The SMILES string of the molecule is CC1(C)c2ccccc2-c2ccc(N(c3ccc(-c4ccccc4)cc3)c3cccc(-c4cccc(-n5cc(-c6ccccc6)c6ccccc65)c4)c3)cc21. The van der Waals surface area contributed by atoms with Crippen LogP contribution in [0.15, 0.2) is 206 Å². The first-order chi connectivity index (χ1) is 27.0. The fourth-order valence-corrected chi connectivity index (χ4v) is 8.61. The molecule has 1 aliphatic carbocycles. The summed E-state index contributed by atoms with van der Waals surface area (Å²) in [6.07, 6.45) is 2.28. The summed E-state index contributed by atoms with van der Waals surface area (Å²) in [5.74, 6) is 0. The molecule has 0 N–H and O–H groups in total. The third-order valence-corrected chi connectivity index (χ3v) is 11.4. The second-order valence-electron chi connectivity index (χ2n) is 15.0. The predicted octanol–water partition coefficient (Wildman–Crippen LogP) is 14.4. The number of nitrogens with zero attached hydrogens (tertiary/aromatic N) is 2. The van der Waals surface area contributed by atoms with Crippen molar-refractivity contribution in [2.75, 3.05) is 4.90 Å². The number of benzene rings is 8. The van der Waals surface area contributed by atoms with E-state index in [4.69, 9.17) is 0 Å². The first kappa shape index (κ1) is 32.7. The lowest BCUT2D eigenvalue weighted by Crippen LogP contribution is -2.16. The lowest BCUT2D eigenvalue weighted by atomic mass is 9.82. The normalized spacial score (nSPS) is 12.7. The van der Waals surface area contributed by atoms with E-state index in [0.717, 1.165) is 22.7 Å². The lowest BCUT2D eigenvalue weighted by Gasteiger charge is -2.28. The molecule has 0 aliphatic heterocycles. The number of hydrogen-bond donors (Lipinski definition) is 0. The van der Waals surface area contributed by atoms with Crippen LogP contribution < -0.4 is 4.90 Å². The first-order valence-electron chi connectivity index (χ1n) is 19.1. The predicted molar refractivity (Wildman–Crippen MR) is 232 cm³/mol. The number of para-hydroxylation sites is 1. The number of fused-ring (bicyclic) bond motifs is 4. The molecule has 0 saturated heterocycles.